The molecule has 7 nitrogen and oxygen atoms in total. The number of phenolic OH excluding ortho intramolecular Hbond substituents is 1. The van der Waals surface area contributed by atoms with Crippen LogP contribution in [0.5, 0.6) is 5.75 Å². The minimum absolute atomic E-state index is 0.0105. The molecule has 4 rings (SSSR count). The van der Waals surface area contributed by atoms with Crippen molar-refractivity contribution in [2.24, 2.45) is 0 Å². The van der Waals surface area contributed by atoms with Gasteiger partial charge in [-0.05, 0) is 37.1 Å². The highest BCUT2D eigenvalue weighted by atomic mass is 16.5. The van der Waals surface area contributed by atoms with E-state index >= 15 is 0 Å². The number of aromatic hydroxyl groups is 1. The van der Waals surface area contributed by atoms with Crippen LogP contribution < -0.4 is 0 Å². The van der Waals surface area contributed by atoms with Crippen molar-refractivity contribution >= 4 is 5.91 Å². The molecule has 0 radical (unpaired) electrons. The van der Waals surface area contributed by atoms with Gasteiger partial charge >= 0.3 is 0 Å². The van der Waals surface area contributed by atoms with Gasteiger partial charge in [-0.3, -0.25) is 4.79 Å². The lowest BCUT2D eigenvalue weighted by Crippen LogP contribution is -2.50. The number of piperidine rings is 1. The van der Waals surface area contributed by atoms with Crippen LogP contribution in [0.15, 0.2) is 24.4 Å². The van der Waals surface area contributed by atoms with E-state index < -0.39 is 0 Å². The predicted octanol–water partition coefficient (Wildman–Crippen LogP) is 1.28. The van der Waals surface area contributed by atoms with E-state index in [4.69, 9.17) is 4.74 Å². The van der Waals surface area contributed by atoms with E-state index in [0.717, 1.165) is 17.7 Å². The first-order valence-corrected chi connectivity index (χ1v) is 7.73. The Morgan fingerprint density at radius 2 is 2.30 bits per heavy atom. The fourth-order valence-electron chi connectivity index (χ4n) is 3.42. The minimum Gasteiger partial charge on any atom is -0.508 e. The average Bonchev–Trinajstić information content (AvgIpc) is 3.03. The smallest absolute Gasteiger partial charge is 0.254 e. The fraction of sp³-hybridized carbons (Fsp3) is 0.438. The summed E-state index contributed by atoms with van der Waals surface area (Å²) in [6, 6.07) is 4.85. The van der Waals surface area contributed by atoms with Crippen LogP contribution in [0, 0.1) is 6.92 Å². The summed E-state index contributed by atoms with van der Waals surface area (Å²) in [5.41, 5.74) is 2.34. The van der Waals surface area contributed by atoms with Gasteiger partial charge in [-0.1, -0.05) is 5.21 Å². The Bertz CT molecular complexity index is 758. The molecule has 0 aliphatic carbocycles. The SMILES string of the molecule is Cc1cc(O)ccc1C(=O)N1CC[C@@H]2OCc3cnnn3[C@H]2C1. The number of rotatable bonds is 1. The normalized spacial score (nSPS) is 23.3. The summed E-state index contributed by atoms with van der Waals surface area (Å²) < 4.78 is 7.75. The van der Waals surface area contributed by atoms with Crippen molar-refractivity contribution in [1.29, 1.82) is 0 Å². The molecule has 7 heteroatoms. The number of aromatic nitrogens is 3. The van der Waals surface area contributed by atoms with Gasteiger partial charge < -0.3 is 14.7 Å². The number of nitrogens with zero attached hydrogens (tertiary/aromatic N) is 4. The van der Waals surface area contributed by atoms with Crippen molar-refractivity contribution in [3.8, 4) is 5.75 Å². The Morgan fingerprint density at radius 3 is 3.13 bits per heavy atom. The Balaban J connectivity index is 1.59. The van der Waals surface area contributed by atoms with E-state index in [0.29, 0.717) is 25.3 Å². The number of likely N-dealkylation sites (tertiary alicyclic amines) is 1. The molecule has 2 aliphatic rings. The molecule has 2 atom stereocenters. The number of amides is 1. The number of ether oxygens (including phenoxy) is 1. The van der Waals surface area contributed by atoms with Crippen LogP contribution in [0.4, 0.5) is 0 Å². The largest absolute Gasteiger partial charge is 0.508 e. The van der Waals surface area contributed by atoms with E-state index in [1.807, 2.05) is 16.5 Å². The monoisotopic (exact) mass is 314 g/mol. The van der Waals surface area contributed by atoms with Gasteiger partial charge in [0.25, 0.3) is 5.91 Å². The zero-order valence-corrected chi connectivity index (χ0v) is 12.8. The Hall–Kier alpha value is -2.41. The molecule has 1 saturated heterocycles. The summed E-state index contributed by atoms with van der Waals surface area (Å²) >= 11 is 0. The van der Waals surface area contributed by atoms with Gasteiger partial charge in [0.2, 0.25) is 0 Å². The third-order valence-corrected chi connectivity index (χ3v) is 4.66. The molecule has 1 aromatic carbocycles. The van der Waals surface area contributed by atoms with Crippen molar-refractivity contribution in [2.45, 2.75) is 32.1 Å². The first-order valence-electron chi connectivity index (χ1n) is 7.73. The van der Waals surface area contributed by atoms with Crippen LogP contribution in [-0.4, -0.2) is 50.1 Å². The lowest BCUT2D eigenvalue weighted by atomic mass is 9.98. The summed E-state index contributed by atoms with van der Waals surface area (Å²) in [5, 5.41) is 17.6. The van der Waals surface area contributed by atoms with Crippen LogP contribution in [-0.2, 0) is 11.3 Å². The number of phenols is 1. The molecule has 1 N–H and O–H groups in total. The maximum atomic E-state index is 12.8. The molecule has 3 heterocycles. The minimum atomic E-state index is -0.0202. The van der Waals surface area contributed by atoms with E-state index in [-0.39, 0.29) is 23.8 Å². The van der Waals surface area contributed by atoms with Crippen molar-refractivity contribution in [3.63, 3.8) is 0 Å². The van der Waals surface area contributed by atoms with Gasteiger partial charge in [-0.15, -0.1) is 5.10 Å². The highest BCUT2D eigenvalue weighted by molar-refractivity contribution is 5.95. The Labute approximate surface area is 133 Å². The molecular formula is C16H18N4O3. The summed E-state index contributed by atoms with van der Waals surface area (Å²) in [5.74, 6) is 0.152. The van der Waals surface area contributed by atoms with Crippen molar-refractivity contribution in [1.82, 2.24) is 19.9 Å². The molecule has 0 saturated carbocycles. The number of benzene rings is 1. The van der Waals surface area contributed by atoms with Gasteiger partial charge in [0.1, 0.15) is 5.75 Å². The summed E-state index contributed by atoms with van der Waals surface area (Å²) in [6.45, 7) is 3.57. The molecule has 0 unspecified atom stereocenters. The number of hydrogen-bond acceptors (Lipinski definition) is 5. The molecule has 2 aromatic rings. The maximum absolute atomic E-state index is 12.8. The van der Waals surface area contributed by atoms with E-state index in [2.05, 4.69) is 10.3 Å². The third kappa shape index (κ3) is 2.37. The lowest BCUT2D eigenvalue weighted by molar-refractivity contribution is -0.0605. The number of carbonyl (C=O) groups is 1. The molecule has 0 spiro atoms. The number of carbonyl (C=O) groups excluding carboxylic acids is 1. The molecule has 2 aliphatic heterocycles. The van der Waals surface area contributed by atoms with Crippen LogP contribution in [0.25, 0.3) is 0 Å². The maximum Gasteiger partial charge on any atom is 0.254 e. The molecule has 23 heavy (non-hydrogen) atoms. The number of fused-ring (bicyclic) bond motifs is 3. The summed E-state index contributed by atoms with van der Waals surface area (Å²) in [4.78, 5) is 14.6. The van der Waals surface area contributed by atoms with Crippen molar-refractivity contribution < 1.29 is 14.6 Å². The summed E-state index contributed by atoms with van der Waals surface area (Å²) in [6.07, 6.45) is 2.57. The molecule has 1 aromatic heterocycles. The highest BCUT2D eigenvalue weighted by Crippen LogP contribution is 2.31. The summed E-state index contributed by atoms with van der Waals surface area (Å²) in [7, 11) is 0. The van der Waals surface area contributed by atoms with E-state index in [1.54, 1.807) is 24.4 Å². The second-order valence-corrected chi connectivity index (χ2v) is 6.13. The van der Waals surface area contributed by atoms with Crippen LogP contribution in [0.3, 0.4) is 0 Å². The Kier molecular flexibility index (Phi) is 3.30. The quantitative estimate of drug-likeness (QED) is 0.857. The highest BCUT2D eigenvalue weighted by Gasteiger charge is 2.38. The standard InChI is InChI=1S/C16H18N4O3/c1-10-6-12(21)2-3-13(10)16(22)19-5-4-15-14(8-19)20-11(9-23-15)7-17-18-20/h2-3,6-7,14-15,21H,4-5,8-9H2,1H3/t14-,15-/m0/s1. The second kappa shape index (κ2) is 5.34. The zero-order valence-electron chi connectivity index (χ0n) is 12.8. The molecular weight excluding hydrogens is 296 g/mol. The van der Waals surface area contributed by atoms with Gasteiger partial charge in [-0.25, -0.2) is 4.68 Å². The first kappa shape index (κ1) is 14.2. The first-order chi connectivity index (χ1) is 11.1. The van der Waals surface area contributed by atoms with Crippen LogP contribution in [0.1, 0.15) is 34.1 Å². The molecule has 1 fully saturated rings. The topological polar surface area (TPSA) is 80.5 Å². The lowest BCUT2D eigenvalue weighted by Gasteiger charge is -2.41. The Morgan fingerprint density at radius 1 is 1.43 bits per heavy atom. The van der Waals surface area contributed by atoms with Gasteiger partial charge in [0.05, 0.1) is 30.6 Å². The zero-order chi connectivity index (χ0) is 16.0. The second-order valence-electron chi connectivity index (χ2n) is 6.13. The number of aryl methyl sites for hydroxylation is 1. The van der Waals surface area contributed by atoms with Gasteiger partial charge in [0.15, 0.2) is 0 Å². The average molecular weight is 314 g/mol. The van der Waals surface area contributed by atoms with Crippen LogP contribution in [0.2, 0.25) is 0 Å². The van der Waals surface area contributed by atoms with Gasteiger partial charge in [-0.2, -0.15) is 0 Å². The van der Waals surface area contributed by atoms with E-state index in [9.17, 15) is 9.90 Å². The fourth-order valence-corrected chi connectivity index (χ4v) is 3.42. The predicted molar refractivity (Wildman–Crippen MR) is 81.0 cm³/mol. The van der Waals surface area contributed by atoms with Crippen molar-refractivity contribution in [2.75, 3.05) is 13.1 Å². The number of hydrogen-bond donors (Lipinski definition) is 1. The van der Waals surface area contributed by atoms with Crippen LogP contribution >= 0.6 is 0 Å². The van der Waals surface area contributed by atoms with Gasteiger partial charge in [0, 0.05) is 18.7 Å². The van der Waals surface area contributed by atoms with Crippen molar-refractivity contribution in [3.05, 3.63) is 41.2 Å². The molecule has 0 bridgehead atoms. The van der Waals surface area contributed by atoms with E-state index in [1.165, 1.54) is 0 Å². The third-order valence-electron chi connectivity index (χ3n) is 4.66. The molecule has 1 amide bonds. The molecule has 120 valence electrons.